The Labute approximate surface area is 101 Å². The molecule has 0 spiro atoms. The molecule has 16 heavy (non-hydrogen) atoms. The van der Waals surface area contributed by atoms with Gasteiger partial charge in [-0.25, -0.2) is 0 Å². The smallest absolute Gasteiger partial charge is 0.0797 e. The molecule has 1 N–H and O–H groups in total. The maximum atomic E-state index is 9.74. The van der Waals surface area contributed by atoms with Crippen molar-refractivity contribution in [3.63, 3.8) is 0 Å². The molecular weight excluding hydrogens is 196 g/mol. The third-order valence-electron chi connectivity index (χ3n) is 2.69. The lowest BCUT2D eigenvalue weighted by atomic mass is 9.97. The molecule has 0 saturated carbocycles. The summed E-state index contributed by atoms with van der Waals surface area (Å²) in [5.41, 5.74) is 2.05. The summed E-state index contributed by atoms with van der Waals surface area (Å²) in [5, 5.41) is 9.74. The van der Waals surface area contributed by atoms with E-state index in [1.165, 1.54) is 11.1 Å². The number of allylic oxidation sites excluding steroid dienone is 4. The van der Waals surface area contributed by atoms with Gasteiger partial charge in [0.05, 0.1) is 5.60 Å². The van der Waals surface area contributed by atoms with Crippen LogP contribution in [0.25, 0.3) is 0 Å². The second kappa shape index (κ2) is 7.45. The molecule has 1 nitrogen and oxygen atoms in total. The van der Waals surface area contributed by atoms with E-state index in [-0.39, 0.29) is 0 Å². The minimum absolute atomic E-state index is 0.708. The Balaban J connectivity index is 3.85. The van der Waals surface area contributed by atoms with Crippen LogP contribution in [0.15, 0.2) is 36.0 Å². The van der Waals surface area contributed by atoms with Crippen molar-refractivity contribution in [1.29, 1.82) is 0 Å². The first-order chi connectivity index (χ1) is 7.37. The average molecular weight is 222 g/mol. The van der Waals surface area contributed by atoms with Crippen LogP contribution in [0.4, 0.5) is 0 Å². The van der Waals surface area contributed by atoms with E-state index in [0.29, 0.717) is 0 Å². The summed E-state index contributed by atoms with van der Waals surface area (Å²) in [6, 6.07) is 0. The van der Waals surface area contributed by atoms with Gasteiger partial charge in [0.1, 0.15) is 0 Å². The monoisotopic (exact) mass is 222 g/mol. The van der Waals surface area contributed by atoms with Gasteiger partial charge in [-0.2, -0.15) is 0 Å². The molecule has 0 fully saturated rings. The molecule has 0 aromatic rings. The van der Waals surface area contributed by atoms with Crippen molar-refractivity contribution in [3.05, 3.63) is 36.0 Å². The maximum absolute atomic E-state index is 9.74. The van der Waals surface area contributed by atoms with Crippen LogP contribution in [0, 0.1) is 0 Å². The van der Waals surface area contributed by atoms with E-state index in [4.69, 9.17) is 0 Å². The van der Waals surface area contributed by atoms with Gasteiger partial charge < -0.3 is 5.11 Å². The van der Waals surface area contributed by atoms with E-state index >= 15 is 0 Å². The highest BCUT2D eigenvalue weighted by molar-refractivity contribution is 5.05. The SMILES string of the molecule is C=CC(C)(O)CCC/C(C)=C/CC=C(C)C. The fourth-order valence-corrected chi connectivity index (χ4v) is 1.43. The minimum atomic E-state index is -0.708. The summed E-state index contributed by atoms with van der Waals surface area (Å²) in [6.45, 7) is 11.8. The molecule has 1 heteroatoms. The fourth-order valence-electron chi connectivity index (χ4n) is 1.43. The molecule has 1 unspecified atom stereocenters. The normalized spacial score (nSPS) is 15.4. The minimum Gasteiger partial charge on any atom is -0.386 e. The van der Waals surface area contributed by atoms with Crippen LogP contribution in [-0.2, 0) is 0 Å². The standard InChI is InChI=1S/C15H26O/c1-6-15(5,16)12-8-11-14(4)10-7-9-13(2)3/h6,9-10,16H,1,7-8,11-12H2,2-5H3/b14-10+. The van der Waals surface area contributed by atoms with Crippen molar-refractivity contribution in [3.8, 4) is 0 Å². The Kier molecular flexibility index (Phi) is 7.07. The van der Waals surface area contributed by atoms with Gasteiger partial charge in [-0.1, -0.05) is 29.4 Å². The molecule has 0 saturated heterocycles. The van der Waals surface area contributed by atoms with E-state index in [9.17, 15) is 5.11 Å². The number of hydrogen-bond acceptors (Lipinski definition) is 1. The van der Waals surface area contributed by atoms with Gasteiger partial charge in [0.25, 0.3) is 0 Å². The summed E-state index contributed by atoms with van der Waals surface area (Å²) in [6.07, 6.45) is 9.97. The Morgan fingerprint density at radius 1 is 1.25 bits per heavy atom. The first kappa shape index (κ1) is 15.2. The van der Waals surface area contributed by atoms with Crippen molar-refractivity contribution in [2.45, 2.75) is 59.0 Å². The predicted octanol–water partition coefficient (Wildman–Crippen LogP) is 4.40. The van der Waals surface area contributed by atoms with Gasteiger partial charge in [-0.3, -0.25) is 0 Å². The second-order valence-corrected chi connectivity index (χ2v) is 4.98. The molecule has 0 amide bonds. The Morgan fingerprint density at radius 3 is 2.38 bits per heavy atom. The van der Waals surface area contributed by atoms with Crippen molar-refractivity contribution in [2.75, 3.05) is 0 Å². The van der Waals surface area contributed by atoms with E-state index in [2.05, 4.69) is 39.5 Å². The molecule has 0 aliphatic rings. The molecule has 0 aromatic carbocycles. The fraction of sp³-hybridized carbons (Fsp3) is 0.600. The lowest BCUT2D eigenvalue weighted by Gasteiger charge is -2.17. The molecule has 0 aromatic heterocycles. The third-order valence-corrected chi connectivity index (χ3v) is 2.69. The zero-order valence-electron chi connectivity index (χ0n) is 11.2. The second-order valence-electron chi connectivity index (χ2n) is 4.98. The topological polar surface area (TPSA) is 20.2 Å². The highest BCUT2D eigenvalue weighted by atomic mass is 16.3. The molecule has 1 atom stereocenters. The predicted molar refractivity (Wildman–Crippen MR) is 72.5 cm³/mol. The van der Waals surface area contributed by atoms with Gasteiger partial charge >= 0.3 is 0 Å². The zero-order chi connectivity index (χ0) is 12.6. The number of aliphatic hydroxyl groups is 1. The molecule has 0 heterocycles. The van der Waals surface area contributed by atoms with Gasteiger partial charge in [-0.15, -0.1) is 6.58 Å². The molecular formula is C15H26O. The van der Waals surface area contributed by atoms with Crippen molar-refractivity contribution >= 4 is 0 Å². The van der Waals surface area contributed by atoms with Gasteiger partial charge in [0.2, 0.25) is 0 Å². The lowest BCUT2D eigenvalue weighted by Crippen LogP contribution is -2.19. The van der Waals surface area contributed by atoms with E-state index < -0.39 is 5.60 Å². The highest BCUT2D eigenvalue weighted by Crippen LogP contribution is 2.17. The Bertz CT molecular complexity index is 265. The van der Waals surface area contributed by atoms with Crippen LogP contribution in [0.1, 0.15) is 53.4 Å². The van der Waals surface area contributed by atoms with Crippen molar-refractivity contribution < 1.29 is 5.11 Å². The van der Waals surface area contributed by atoms with Gasteiger partial charge in [0, 0.05) is 0 Å². The van der Waals surface area contributed by atoms with Crippen LogP contribution in [0.3, 0.4) is 0 Å². The van der Waals surface area contributed by atoms with E-state index in [1.54, 1.807) is 6.08 Å². The summed E-state index contributed by atoms with van der Waals surface area (Å²) < 4.78 is 0. The zero-order valence-corrected chi connectivity index (χ0v) is 11.2. The summed E-state index contributed by atoms with van der Waals surface area (Å²) in [7, 11) is 0. The van der Waals surface area contributed by atoms with Crippen LogP contribution < -0.4 is 0 Å². The quantitative estimate of drug-likeness (QED) is 0.633. The molecule has 0 bridgehead atoms. The van der Waals surface area contributed by atoms with Crippen LogP contribution in [-0.4, -0.2) is 10.7 Å². The van der Waals surface area contributed by atoms with E-state index in [0.717, 1.165) is 25.7 Å². The lowest BCUT2D eigenvalue weighted by molar-refractivity contribution is 0.0999. The van der Waals surface area contributed by atoms with Crippen molar-refractivity contribution in [1.82, 2.24) is 0 Å². The number of hydrogen-bond donors (Lipinski definition) is 1. The molecule has 0 rings (SSSR count). The average Bonchev–Trinajstić information content (AvgIpc) is 2.17. The Hall–Kier alpha value is -0.820. The Morgan fingerprint density at radius 2 is 1.88 bits per heavy atom. The highest BCUT2D eigenvalue weighted by Gasteiger charge is 2.13. The van der Waals surface area contributed by atoms with Gasteiger partial charge in [0.15, 0.2) is 0 Å². The van der Waals surface area contributed by atoms with Crippen molar-refractivity contribution in [2.24, 2.45) is 0 Å². The van der Waals surface area contributed by atoms with Crippen LogP contribution >= 0.6 is 0 Å². The van der Waals surface area contributed by atoms with Gasteiger partial charge in [-0.05, 0) is 53.4 Å². The van der Waals surface area contributed by atoms with Crippen LogP contribution in [0.2, 0.25) is 0 Å². The first-order valence-corrected chi connectivity index (χ1v) is 6.02. The summed E-state index contributed by atoms with van der Waals surface area (Å²) in [4.78, 5) is 0. The van der Waals surface area contributed by atoms with E-state index in [1.807, 2.05) is 6.92 Å². The summed E-state index contributed by atoms with van der Waals surface area (Å²) >= 11 is 0. The molecule has 0 radical (unpaired) electrons. The molecule has 0 aliphatic heterocycles. The molecule has 92 valence electrons. The molecule has 0 aliphatic carbocycles. The largest absolute Gasteiger partial charge is 0.386 e. The summed E-state index contributed by atoms with van der Waals surface area (Å²) in [5.74, 6) is 0. The first-order valence-electron chi connectivity index (χ1n) is 6.02. The van der Waals surface area contributed by atoms with Crippen LogP contribution in [0.5, 0.6) is 0 Å². The maximum Gasteiger partial charge on any atom is 0.0797 e. The third kappa shape index (κ3) is 8.49. The number of rotatable bonds is 7.